The maximum Gasteiger partial charge on any atom is 0.0857 e. The average Bonchev–Trinajstić information content (AvgIpc) is 2.82. The Bertz CT molecular complexity index is 578. The molecule has 0 saturated heterocycles. The van der Waals surface area contributed by atoms with Gasteiger partial charge in [0.1, 0.15) is 0 Å². The van der Waals surface area contributed by atoms with E-state index in [0.29, 0.717) is 0 Å². The number of azo groups is 1. The van der Waals surface area contributed by atoms with Crippen molar-refractivity contribution in [3.05, 3.63) is 101 Å². The second kappa shape index (κ2) is 56.3. The van der Waals surface area contributed by atoms with Gasteiger partial charge in [0, 0.05) is 34.1 Å². The fourth-order valence-electron chi connectivity index (χ4n) is 1.10. The van der Waals surface area contributed by atoms with E-state index in [2.05, 4.69) is 50.1 Å². The molecule has 0 bridgehead atoms. The van der Waals surface area contributed by atoms with Crippen LogP contribution in [0.1, 0.15) is 0 Å². The Morgan fingerprint density at radius 2 is 0.571 bits per heavy atom. The Kier molecular flexibility index (Phi) is 90.0. The molecule has 0 spiro atoms. The fraction of sp³-hybridized carbons (Fsp3) is 0. The normalized spacial score (nSPS) is 5.71. The smallest absolute Gasteiger partial charge is 0.0857 e. The third-order valence-corrected chi connectivity index (χ3v) is 1.79. The van der Waals surface area contributed by atoms with Gasteiger partial charge in [-0.1, -0.05) is 36.4 Å². The zero-order valence-electron chi connectivity index (χ0n) is 13.8. The van der Waals surface area contributed by atoms with Gasteiger partial charge in [-0.05, 0) is 24.3 Å². The van der Waals surface area contributed by atoms with E-state index in [-0.39, 0.29) is 34.1 Å². The number of nitrogens with zero attached hydrogens (tertiary/aromatic N) is 2. The van der Waals surface area contributed by atoms with E-state index >= 15 is 0 Å². The topological polar surface area (TPSA) is 144 Å². The van der Waals surface area contributed by atoms with Gasteiger partial charge in [-0.25, -0.2) is 0 Å². The first-order valence-corrected chi connectivity index (χ1v) is 5.69. The molecule has 0 fully saturated rings. The summed E-state index contributed by atoms with van der Waals surface area (Å²) >= 11 is 0. The standard InChI is InChI=1S/C12H10N2.6CO.2Fe/c1-3-7-11(8-4-1)13-14-12-9-5-2-6-10-12;6*1-2;;/h1-10H;;;;;;;;. The van der Waals surface area contributed by atoms with E-state index in [1.165, 1.54) is 0 Å². The molecule has 0 N–H and O–H groups in total. The molecule has 2 aromatic rings. The van der Waals surface area contributed by atoms with Gasteiger partial charge in [0.05, 0.1) is 11.4 Å². The van der Waals surface area contributed by atoms with Gasteiger partial charge in [0.25, 0.3) is 0 Å². The van der Waals surface area contributed by atoms with Gasteiger partial charge in [0.15, 0.2) is 0 Å². The Morgan fingerprint density at radius 3 is 0.750 bits per heavy atom. The number of hydrogen-bond donors (Lipinski definition) is 0. The van der Waals surface area contributed by atoms with Crippen molar-refractivity contribution in [2.45, 2.75) is 0 Å². The molecule has 0 atom stereocenters. The maximum absolute atomic E-state index is 7.50. The molecule has 0 saturated carbocycles. The van der Waals surface area contributed by atoms with Gasteiger partial charge in [-0.2, -0.15) is 10.2 Å². The summed E-state index contributed by atoms with van der Waals surface area (Å²) < 4.78 is 45.0. The summed E-state index contributed by atoms with van der Waals surface area (Å²) in [5.74, 6) is 0. The summed E-state index contributed by atoms with van der Waals surface area (Å²) in [7, 11) is 0. The first-order chi connectivity index (χ1) is 12.9. The van der Waals surface area contributed by atoms with Crippen molar-refractivity contribution in [1.82, 2.24) is 0 Å². The quantitative estimate of drug-likeness (QED) is 0.276. The molecule has 0 aliphatic carbocycles. The molecule has 0 aliphatic rings. The van der Waals surface area contributed by atoms with Crippen LogP contribution in [0.3, 0.4) is 0 Å². The minimum absolute atomic E-state index is 0. The van der Waals surface area contributed by atoms with Crippen molar-refractivity contribution in [3.8, 4) is 0 Å². The first-order valence-electron chi connectivity index (χ1n) is 5.69. The van der Waals surface area contributed by atoms with E-state index in [0.717, 1.165) is 11.4 Å². The van der Waals surface area contributed by atoms with Gasteiger partial charge in [0.2, 0.25) is 0 Å². The summed E-state index contributed by atoms with van der Waals surface area (Å²) in [6, 6.07) is 19.4. The van der Waals surface area contributed by atoms with Crippen LogP contribution in [0.15, 0.2) is 70.9 Å². The van der Waals surface area contributed by atoms with Gasteiger partial charge < -0.3 is 0 Å². The van der Waals surface area contributed by atoms with E-state index in [1.54, 1.807) is 0 Å². The summed E-state index contributed by atoms with van der Waals surface area (Å²) in [5.41, 5.74) is 1.74. The third-order valence-electron chi connectivity index (χ3n) is 1.79. The zero-order chi connectivity index (χ0) is 21.6. The van der Waals surface area contributed by atoms with Crippen molar-refractivity contribution >= 4 is 11.4 Å². The van der Waals surface area contributed by atoms with Gasteiger partial charge in [-0.15, -0.1) is 0 Å². The zero-order valence-corrected chi connectivity index (χ0v) is 16.0. The van der Waals surface area contributed by atoms with Crippen molar-refractivity contribution in [2.24, 2.45) is 10.2 Å². The summed E-state index contributed by atoms with van der Waals surface area (Å²) in [5, 5.41) is 8.20. The molecule has 0 aliphatic heterocycles. The predicted molar refractivity (Wildman–Crippen MR) is 80.6 cm³/mol. The molecule has 2 aromatic carbocycles. The molecule has 0 unspecified atom stereocenters. The largest absolute Gasteiger partial charge is 0.151 e. The molecule has 0 aromatic heterocycles. The number of benzene rings is 2. The molecule has 8 nitrogen and oxygen atoms in total. The average molecular weight is 462 g/mol. The van der Waals surface area contributed by atoms with E-state index in [9.17, 15) is 0 Å². The molecular formula is C18H10Fe2N2O6. The van der Waals surface area contributed by atoms with Crippen LogP contribution in [0.2, 0.25) is 0 Å². The van der Waals surface area contributed by atoms with Gasteiger partial charge >= 0.3 is 67.8 Å². The summed E-state index contributed by atoms with van der Waals surface area (Å²) in [6.45, 7) is 27.0. The monoisotopic (exact) mass is 462 g/mol. The Morgan fingerprint density at radius 1 is 0.393 bits per heavy atom. The van der Waals surface area contributed by atoms with Gasteiger partial charge in [-0.3, -0.25) is 0 Å². The van der Waals surface area contributed by atoms with Crippen LogP contribution in [0.4, 0.5) is 11.4 Å². The molecule has 10 heteroatoms. The van der Waals surface area contributed by atoms with Crippen LogP contribution in [0.5, 0.6) is 0 Å². The van der Waals surface area contributed by atoms with Crippen molar-refractivity contribution in [2.75, 3.05) is 0 Å². The predicted octanol–water partition coefficient (Wildman–Crippen LogP) is 3.87. The van der Waals surface area contributed by atoms with Crippen LogP contribution >= 0.6 is 0 Å². The van der Waals surface area contributed by atoms with Crippen molar-refractivity contribution in [1.29, 1.82) is 0 Å². The molecule has 28 heavy (non-hydrogen) atoms. The molecule has 0 amide bonds. The van der Waals surface area contributed by atoms with Crippen LogP contribution in [-0.2, 0) is 62.1 Å². The van der Waals surface area contributed by atoms with Crippen LogP contribution < -0.4 is 0 Å². The number of rotatable bonds is 2. The molecule has 2 rings (SSSR count). The van der Waals surface area contributed by atoms with Crippen LogP contribution in [-0.4, -0.2) is 0 Å². The fourth-order valence-corrected chi connectivity index (χ4v) is 1.10. The Hall–Kier alpha value is -2.48. The molecule has 144 valence electrons. The van der Waals surface area contributed by atoms with Crippen molar-refractivity contribution in [3.63, 3.8) is 0 Å². The Labute approximate surface area is 184 Å². The van der Waals surface area contributed by atoms with E-state index in [4.69, 9.17) is 27.9 Å². The maximum atomic E-state index is 7.50. The number of hydrogen-bond acceptors (Lipinski definition) is 2. The minimum Gasteiger partial charge on any atom is -0.151 e. The first kappa shape index (κ1) is 44.7. The van der Waals surface area contributed by atoms with Crippen LogP contribution in [0, 0.1) is 39.9 Å². The van der Waals surface area contributed by atoms with Crippen LogP contribution in [0.25, 0.3) is 0 Å². The second-order valence-electron chi connectivity index (χ2n) is 2.87. The summed E-state index contributed by atoms with van der Waals surface area (Å²) in [6.07, 6.45) is 0. The SMILES string of the molecule is [C-]#[O+].[C-]#[O+].[C-]#[O+].[C-]#[O+].[C-]#[O+].[C-]#[O+].[Fe].[Fe].c1ccc(N=Nc2ccccc2)cc1. The molecule has 0 radical (unpaired) electrons. The second-order valence-corrected chi connectivity index (χ2v) is 2.87. The summed E-state index contributed by atoms with van der Waals surface area (Å²) in [4.78, 5) is 0. The third kappa shape index (κ3) is 34.8. The van der Waals surface area contributed by atoms with E-state index in [1.807, 2.05) is 60.7 Å². The molecular weight excluding hydrogens is 452 g/mol. The van der Waals surface area contributed by atoms with E-state index < -0.39 is 0 Å². The Balaban J connectivity index is -0.0000000547. The molecule has 0 heterocycles. The van der Waals surface area contributed by atoms with Crippen molar-refractivity contribution < 1.29 is 62.1 Å². The minimum atomic E-state index is 0.